The van der Waals surface area contributed by atoms with Crippen LogP contribution in [0.3, 0.4) is 0 Å². The molecule has 7 N–H and O–H groups in total. The first-order chi connectivity index (χ1) is 40.3. The van der Waals surface area contributed by atoms with Gasteiger partial charge in [-0.3, -0.25) is 29.0 Å². The summed E-state index contributed by atoms with van der Waals surface area (Å²) in [6, 6.07) is 10.5. The highest BCUT2D eigenvalue weighted by Gasteiger charge is 2.36. The van der Waals surface area contributed by atoms with E-state index in [2.05, 4.69) is 183 Å². The molecule has 7 aliphatic rings. The highest BCUT2D eigenvalue weighted by molar-refractivity contribution is 5.79. The molecule has 14 atom stereocenters. The molecule has 508 valence electrons. The predicted octanol–water partition coefficient (Wildman–Crippen LogP) is 5.10. The third-order valence-electron chi connectivity index (χ3n) is 18.4. The zero-order valence-electron chi connectivity index (χ0n) is 58.3. The lowest BCUT2D eigenvalue weighted by Crippen LogP contribution is -2.32. The average molecular weight is 1230 g/mol. The summed E-state index contributed by atoms with van der Waals surface area (Å²) in [7, 11) is 11.3. The fourth-order valence-corrected chi connectivity index (χ4v) is 13.0. The standard InChI is InChI=1S/C14H19NO.C11H24N2.C10H17NO.C8H15NO2.C7H13NO2.C7H15NO.C7H13NO.C4H11N.2H2O/c1-11-8-15(10-14(11)12(2)16)9-13-6-4-3-5-7-13;1-5-13(6-2)9-11-8-12(4)7-10(11)3;1-4-5-11-6-8(2)10(7-11)9(3)12;1-6-4-9(2)5-7(6)8(10)11-3;1-5-3-8-4-6(5)7(9)10-2;2*1-6-3-8(2)4-7(6)5-9;1-3-5-4-2;;/h3-7,11,14H,8-10H2,1-2H3;10-11H,5-9H2,1-4H3;4,8,10H,1,5-7H2,2-3H3;6-7H,4-5H2,1-3H3;5-6,8H,3-4H2,1-2H3;6-7,9H,3-5H2,1-2H3;5-7H,3-4H2,1-2H3;5H,3-4H2,1-2H3;2*1H2. The first-order valence-electron chi connectivity index (χ1n) is 32.5. The summed E-state index contributed by atoms with van der Waals surface area (Å²) in [5.74, 6) is 6.87. The minimum Gasteiger partial charge on any atom is -0.469 e. The summed E-state index contributed by atoms with van der Waals surface area (Å²) >= 11 is 0. The first kappa shape index (κ1) is 85.5. The van der Waals surface area contributed by atoms with Gasteiger partial charge in [-0.15, -0.1) is 6.58 Å². The second-order valence-corrected chi connectivity index (χ2v) is 26.2. The van der Waals surface area contributed by atoms with Crippen LogP contribution in [0.4, 0.5) is 0 Å². The molecule has 0 aliphatic carbocycles. The van der Waals surface area contributed by atoms with E-state index in [9.17, 15) is 24.0 Å². The molecular weight excluding hydrogens is 1100 g/mol. The van der Waals surface area contributed by atoms with Crippen LogP contribution in [0, 0.1) is 82.9 Å². The van der Waals surface area contributed by atoms with Crippen LogP contribution in [0.25, 0.3) is 0 Å². The largest absolute Gasteiger partial charge is 0.469 e. The minimum absolute atomic E-state index is 0. The lowest BCUT2D eigenvalue weighted by atomic mass is 9.95. The van der Waals surface area contributed by atoms with Gasteiger partial charge in [-0.1, -0.05) is 113 Å². The van der Waals surface area contributed by atoms with Crippen molar-refractivity contribution in [2.45, 2.75) is 96.6 Å². The monoisotopic (exact) mass is 1230 g/mol. The summed E-state index contributed by atoms with van der Waals surface area (Å²) in [5, 5.41) is 15.1. The van der Waals surface area contributed by atoms with Crippen LogP contribution in [0.2, 0.25) is 0 Å². The third-order valence-corrected chi connectivity index (χ3v) is 18.4. The topological polar surface area (TPSA) is 234 Å². The first-order valence-corrected chi connectivity index (χ1v) is 32.5. The quantitative estimate of drug-likeness (QED) is 0.111. The molecule has 0 bridgehead atoms. The Morgan fingerprint density at radius 1 is 0.586 bits per heavy atom. The maximum absolute atomic E-state index is 11.4. The summed E-state index contributed by atoms with van der Waals surface area (Å²) in [6.07, 6.45) is 2.98. The molecule has 0 amide bonds. The summed E-state index contributed by atoms with van der Waals surface area (Å²) in [6.45, 7) is 53.4. The van der Waals surface area contributed by atoms with Crippen molar-refractivity contribution >= 4 is 29.8 Å². The molecule has 0 saturated carbocycles. The molecule has 0 aromatic heterocycles. The number of rotatable bonds is 16. The number of aliphatic hydroxyl groups excluding tert-OH is 1. The van der Waals surface area contributed by atoms with Crippen molar-refractivity contribution in [3.63, 3.8) is 0 Å². The molecule has 14 unspecified atom stereocenters. The molecule has 0 spiro atoms. The molecule has 7 fully saturated rings. The van der Waals surface area contributed by atoms with E-state index in [4.69, 9.17) is 5.11 Å². The van der Waals surface area contributed by atoms with Crippen molar-refractivity contribution in [3.8, 4) is 0 Å². The zero-order chi connectivity index (χ0) is 64.3. The van der Waals surface area contributed by atoms with Crippen molar-refractivity contribution in [1.82, 2.24) is 44.9 Å². The molecular formula is C68H131N9O10. The number of esters is 2. The molecule has 7 saturated heterocycles. The van der Waals surface area contributed by atoms with Gasteiger partial charge < -0.3 is 65.5 Å². The van der Waals surface area contributed by atoms with E-state index >= 15 is 0 Å². The molecule has 87 heavy (non-hydrogen) atoms. The Labute approximate surface area is 530 Å². The van der Waals surface area contributed by atoms with Crippen LogP contribution in [-0.2, 0) is 40.0 Å². The number of ether oxygens (including phenoxy) is 2. The molecule has 19 heteroatoms. The number of carbonyl (C=O) groups is 5. The molecule has 8 rings (SSSR count). The van der Waals surface area contributed by atoms with Crippen molar-refractivity contribution < 1.29 is 49.5 Å². The second-order valence-electron chi connectivity index (χ2n) is 26.2. The van der Waals surface area contributed by atoms with Crippen molar-refractivity contribution in [2.75, 3.05) is 180 Å². The van der Waals surface area contributed by atoms with Gasteiger partial charge in [-0.25, -0.2) is 0 Å². The number of nitrogens with zero attached hydrogens (tertiary/aromatic N) is 7. The summed E-state index contributed by atoms with van der Waals surface area (Å²) in [4.78, 5) is 71.3. The zero-order valence-corrected chi connectivity index (χ0v) is 58.3. The molecule has 7 aliphatic heterocycles. The number of hydrogen-bond acceptors (Lipinski definition) is 17. The number of ketones is 2. The third kappa shape index (κ3) is 32.8. The average Bonchev–Trinajstić information content (AvgIpc) is 4.56. The highest BCUT2D eigenvalue weighted by Crippen LogP contribution is 2.27. The number of aldehydes is 1. The van der Waals surface area contributed by atoms with E-state index in [0.29, 0.717) is 59.6 Å². The Hall–Kier alpha value is -3.57. The highest BCUT2D eigenvalue weighted by atomic mass is 16.5. The number of nitrogens with one attached hydrogen (secondary N) is 2. The number of methoxy groups -OCH3 is 2. The van der Waals surface area contributed by atoms with Gasteiger partial charge in [0.25, 0.3) is 0 Å². The van der Waals surface area contributed by atoms with Gasteiger partial charge in [-0.2, -0.15) is 0 Å². The van der Waals surface area contributed by atoms with E-state index in [1.807, 2.05) is 19.2 Å². The van der Waals surface area contributed by atoms with Gasteiger partial charge in [0.2, 0.25) is 0 Å². The molecule has 1 aromatic rings. The van der Waals surface area contributed by atoms with E-state index in [0.717, 1.165) is 123 Å². The molecule has 1 aromatic carbocycles. The van der Waals surface area contributed by atoms with Gasteiger partial charge in [0.15, 0.2) is 0 Å². The van der Waals surface area contributed by atoms with Crippen LogP contribution in [0.1, 0.15) is 95.6 Å². The predicted molar refractivity (Wildman–Crippen MR) is 358 cm³/mol. The number of hydrogen-bond donors (Lipinski definition) is 3. The number of carbonyl (C=O) groups excluding carboxylic acids is 5. The van der Waals surface area contributed by atoms with Crippen LogP contribution in [0.15, 0.2) is 43.0 Å². The normalized spacial score (nSPS) is 29.5. The SMILES string of the molecule is C=CCN1CC(C)C(C(C)=O)C1.CC(=O)C1CN(Cc2ccccc2)CC1C.CC1CN(C)CC1C=O.CC1CN(C)CC1CO.CCN(CC)CC1CN(C)CC1C.CCNCC.COC(=O)C1CN(C)CC1C.COC(=O)C1CNCC1C.O.O. The fraction of sp³-hybridized carbons (Fsp3) is 0.809. The Balaban J connectivity index is 0. The maximum atomic E-state index is 11.4. The van der Waals surface area contributed by atoms with Crippen LogP contribution in [0.5, 0.6) is 0 Å². The van der Waals surface area contributed by atoms with Crippen LogP contribution >= 0.6 is 0 Å². The fourth-order valence-electron chi connectivity index (χ4n) is 13.0. The second kappa shape index (κ2) is 47.4. The summed E-state index contributed by atoms with van der Waals surface area (Å²) < 4.78 is 9.31. The van der Waals surface area contributed by atoms with Crippen LogP contribution < -0.4 is 10.6 Å². The Bertz CT molecular complexity index is 1990. The van der Waals surface area contributed by atoms with E-state index < -0.39 is 0 Å². The van der Waals surface area contributed by atoms with E-state index in [-0.39, 0.29) is 52.5 Å². The van der Waals surface area contributed by atoms with E-state index in [1.54, 1.807) is 13.8 Å². The number of aliphatic hydroxyl groups is 1. The minimum atomic E-state index is -0.0856. The summed E-state index contributed by atoms with van der Waals surface area (Å²) in [5.41, 5.74) is 1.33. The Kier molecular flexibility index (Phi) is 46.5. The van der Waals surface area contributed by atoms with Gasteiger partial charge in [-0.05, 0) is 134 Å². The van der Waals surface area contributed by atoms with Gasteiger partial charge in [0, 0.05) is 129 Å². The Morgan fingerprint density at radius 2 is 1.03 bits per heavy atom. The van der Waals surface area contributed by atoms with Crippen molar-refractivity contribution in [3.05, 3.63) is 48.6 Å². The lowest BCUT2D eigenvalue weighted by molar-refractivity contribution is -0.146. The Morgan fingerprint density at radius 3 is 1.37 bits per heavy atom. The lowest BCUT2D eigenvalue weighted by Gasteiger charge is -2.24. The van der Waals surface area contributed by atoms with Crippen LogP contribution in [-0.4, -0.2) is 260 Å². The van der Waals surface area contributed by atoms with Gasteiger partial charge >= 0.3 is 11.9 Å². The van der Waals surface area contributed by atoms with Gasteiger partial charge in [0.1, 0.15) is 17.9 Å². The van der Waals surface area contributed by atoms with Gasteiger partial charge in [0.05, 0.1) is 26.1 Å². The number of likely N-dealkylation sites (tertiary alicyclic amines) is 6. The molecule has 19 nitrogen and oxygen atoms in total. The van der Waals surface area contributed by atoms with Crippen molar-refractivity contribution in [2.24, 2.45) is 82.9 Å². The number of benzene rings is 1. The van der Waals surface area contributed by atoms with E-state index in [1.165, 1.54) is 52.5 Å². The smallest absolute Gasteiger partial charge is 0.310 e. The molecule has 0 radical (unpaired) electrons. The van der Waals surface area contributed by atoms with Crippen molar-refractivity contribution in [1.29, 1.82) is 0 Å². The maximum Gasteiger partial charge on any atom is 0.310 e. The number of Topliss-reactive ketones (excluding diaryl/α,β-unsaturated/α-hetero) is 2. The molecule has 7 heterocycles.